The number of likely N-dealkylation sites (tertiary alicyclic amines) is 1. The Morgan fingerprint density at radius 1 is 1.27 bits per heavy atom. The number of urea groups is 1. The molecule has 22 heavy (non-hydrogen) atoms. The zero-order chi connectivity index (χ0) is 15.4. The van der Waals surface area contributed by atoms with Crippen molar-refractivity contribution in [2.45, 2.75) is 12.5 Å². The normalized spacial score (nSPS) is 17.3. The number of benzene rings is 1. The SMILES string of the molecule is O=C(Nc1ccc(F)cc1)N1CCC(Oc2ccccn2)C1. The summed E-state index contributed by atoms with van der Waals surface area (Å²) in [5, 5.41) is 2.74. The number of amides is 2. The maximum absolute atomic E-state index is 12.8. The van der Waals surface area contributed by atoms with E-state index in [2.05, 4.69) is 10.3 Å². The van der Waals surface area contributed by atoms with Gasteiger partial charge in [-0.05, 0) is 30.3 Å². The average molecular weight is 301 g/mol. The first-order valence-corrected chi connectivity index (χ1v) is 7.10. The molecule has 1 fully saturated rings. The molecule has 1 aliphatic rings. The number of carbonyl (C=O) groups is 1. The summed E-state index contributed by atoms with van der Waals surface area (Å²) in [6, 6.07) is 11.0. The Morgan fingerprint density at radius 2 is 2.09 bits per heavy atom. The summed E-state index contributed by atoms with van der Waals surface area (Å²) in [4.78, 5) is 17.9. The monoisotopic (exact) mass is 301 g/mol. The van der Waals surface area contributed by atoms with Crippen molar-refractivity contribution < 1.29 is 13.9 Å². The lowest BCUT2D eigenvalue weighted by Crippen LogP contribution is -2.34. The van der Waals surface area contributed by atoms with Gasteiger partial charge in [0, 0.05) is 30.9 Å². The second kappa shape index (κ2) is 6.43. The van der Waals surface area contributed by atoms with Crippen LogP contribution in [-0.2, 0) is 0 Å². The zero-order valence-electron chi connectivity index (χ0n) is 11.9. The molecule has 1 aromatic heterocycles. The van der Waals surface area contributed by atoms with Crippen molar-refractivity contribution in [3.63, 3.8) is 0 Å². The van der Waals surface area contributed by atoms with E-state index in [0.29, 0.717) is 24.7 Å². The molecule has 0 spiro atoms. The molecular formula is C16H16FN3O2. The van der Waals surface area contributed by atoms with Gasteiger partial charge in [0.05, 0.1) is 6.54 Å². The fraction of sp³-hybridized carbons (Fsp3) is 0.250. The molecule has 1 aromatic carbocycles. The van der Waals surface area contributed by atoms with Crippen LogP contribution in [0.1, 0.15) is 6.42 Å². The smallest absolute Gasteiger partial charge is 0.321 e. The summed E-state index contributed by atoms with van der Waals surface area (Å²) in [5.41, 5.74) is 0.570. The number of hydrogen-bond donors (Lipinski definition) is 1. The van der Waals surface area contributed by atoms with Gasteiger partial charge in [0.15, 0.2) is 0 Å². The van der Waals surface area contributed by atoms with Crippen LogP contribution < -0.4 is 10.1 Å². The Morgan fingerprint density at radius 3 is 2.82 bits per heavy atom. The molecule has 1 unspecified atom stereocenters. The molecule has 2 heterocycles. The summed E-state index contributed by atoms with van der Waals surface area (Å²) in [7, 11) is 0. The molecule has 1 aliphatic heterocycles. The van der Waals surface area contributed by atoms with Gasteiger partial charge in [0.2, 0.25) is 5.88 Å². The minimum atomic E-state index is -0.331. The molecule has 0 aliphatic carbocycles. The van der Waals surface area contributed by atoms with Crippen LogP contribution in [0, 0.1) is 5.82 Å². The predicted octanol–water partition coefficient (Wildman–Crippen LogP) is 2.91. The number of anilines is 1. The highest BCUT2D eigenvalue weighted by atomic mass is 19.1. The Bertz CT molecular complexity index is 634. The average Bonchev–Trinajstić information content (AvgIpc) is 2.99. The van der Waals surface area contributed by atoms with Gasteiger partial charge in [0.25, 0.3) is 0 Å². The van der Waals surface area contributed by atoms with Crippen LogP contribution in [0.15, 0.2) is 48.7 Å². The first-order valence-electron chi connectivity index (χ1n) is 7.10. The van der Waals surface area contributed by atoms with E-state index in [1.165, 1.54) is 24.3 Å². The summed E-state index contributed by atoms with van der Waals surface area (Å²) in [5.74, 6) is 0.233. The van der Waals surface area contributed by atoms with E-state index in [4.69, 9.17) is 4.74 Å². The van der Waals surface area contributed by atoms with Crippen LogP contribution in [0.25, 0.3) is 0 Å². The molecule has 2 aromatic rings. The van der Waals surface area contributed by atoms with Gasteiger partial charge in [-0.3, -0.25) is 0 Å². The highest BCUT2D eigenvalue weighted by Crippen LogP contribution is 2.17. The summed E-state index contributed by atoms with van der Waals surface area (Å²) in [6.45, 7) is 1.12. The summed E-state index contributed by atoms with van der Waals surface area (Å²) < 4.78 is 18.6. The Balaban J connectivity index is 1.53. The van der Waals surface area contributed by atoms with Crippen LogP contribution in [0.4, 0.5) is 14.9 Å². The van der Waals surface area contributed by atoms with Crippen LogP contribution in [0.3, 0.4) is 0 Å². The van der Waals surface area contributed by atoms with E-state index >= 15 is 0 Å². The second-order valence-electron chi connectivity index (χ2n) is 5.08. The van der Waals surface area contributed by atoms with Gasteiger partial charge in [-0.25, -0.2) is 14.2 Å². The third-order valence-corrected chi connectivity index (χ3v) is 3.45. The number of halogens is 1. The number of aromatic nitrogens is 1. The zero-order valence-corrected chi connectivity index (χ0v) is 11.9. The minimum Gasteiger partial charge on any atom is -0.472 e. The van der Waals surface area contributed by atoms with Gasteiger partial charge in [-0.15, -0.1) is 0 Å². The lowest BCUT2D eigenvalue weighted by molar-refractivity contribution is 0.190. The van der Waals surface area contributed by atoms with Crippen molar-refractivity contribution in [3.8, 4) is 5.88 Å². The van der Waals surface area contributed by atoms with Gasteiger partial charge < -0.3 is 15.0 Å². The van der Waals surface area contributed by atoms with Crippen molar-refractivity contribution in [1.29, 1.82) is 0 Å². The molecule has 0 radical (unpaired) electrons. The minimum absolute atomic E-state index is 0.0612. The fourth-order valence-corrected chi connectivity index (χ4v) is 2.33. The van der Waals surface area contributed by atoms with E-state index in [0.717, 1.165) is 6.42 Å². The summed E-state index contributed by atoms with van der Waals surface area (Å²) in [6.07, 6.45) is 2.37. The number of pyridine rings is 1. The van der Waals surface area contributed by atoms with Crippen LogP contribution in [0.2, 0.25) is 0 Å². The van der Waals surface area contributed by atoms with E-state index < -0.39 is 0 Å². The van der Waals surface area contributed by atoms with Crippen molar-refractivity contribution in [2.75, 3.05) is 18.4 Å². The van der Waals surface area contributed by atoms with Crippen LogP contribution >= 0.6 is 0 Å². The maximum Gasteiger partial charge on any atom is 0.321 e. The fourth-order valence-electron chi connectivity index (χ4n) is 2.33. The van der Waals surface area contributed by atoms with E-state index in [1.807, 2.05) is 12.1 Å². The molecule has 3 rings (SSSR count). The highest BCUT2D eigenvalue weighted by molar-refractivity contribution is 5.89. The molecule has 6 heteroatoms. The number of rotatable bonds is 3. The quantitative estimate of drug-likeness (QED) is 0.948. The number of nitrogens with one attached hydrogen (secondary N) is 1. The Labute approximate surface area is 127 Å². The molecule has 0 bridgehead atoms. The molecule has 0 saturated carbocycles. The second-order valence-corrected chi connectivity index (χ2v) is 5.08. The van der Waals surface area contributed by atoms with Gasteiger partial charge >= 0.3 is 6.03 Å². The standard InChI is InChI=1S/C16H16FN3O2/c17-12-4-6-13(7-5-12)19-16(21)20-10-8-14(11-20)22-15-3-1-2-9-18-15/h1-7,9,14H,8,10-11H2,(H,19,21). The molecule has 114 valence electrons. The number of ether oxygens (including phenoxy) is 1. The molecule has 1 atom stereocenters. The number of hydrogen-bond acceptors (Lipinski definition) is 3. The van der Waals surface area contributed by atoms with E-state index in [-0.39, 0.29) is 18.0 Å². The maximum atomic E-state index is 12.8. The number of nitrogens with zero attached hydrogens (tertiary/aromatic N) is 2. The third-order valence-electron chi connectivity index (χ3n) is 3.45. The number of carbonyl (C=O) groups excluding carboxylic acids is 1. The van der Waals surface area contributed by atoms with Crippen LogP contribution in [0.5, 0.6) is 5.88 Å². The Hall–Kier alpha value is -2.63. The van der Waals surface area contributed by atoms with Crippen molar-refractivity contribution in [3.05, 3.63) is 54.5 Å². The first kappa shape index (κ1) is 14.3. The van der Waals surface area contributed by atoms with Crippen molar-refractivity contribution >= 4 is 11.7 Å². The van der Waals surface area contributed by atoms with Gasteiger partial charge in [0.1, 0.15) is 11.9 Å². The first-order chi connectivity index (χ1) is 10.7. The molecule has 5 nitrogen and oxygen atoms in total. The van der Waals surface area contributed by atoms with Gasteiger partial charge in [-0.1, -0.05) is 6.07 Å². The Kier molecular flexibility index (Phi) is 4.18. The largest absolute Gasteiger partial charge is 0.472 e. The van der Waals surface area contributed by atoms with Crippen molar-refractivity contribution in [1.82, 2.24) is 9.88 Å². The predicted molar refractivity (Wildman–Crippen MR) is 80.3 cm³/mol. The lowest BCUT2D eigenvalue weighted by Gasteiger charge is -2.17. The molecule has 1 saturated heterocycles. The molecule has 1 N–H and O–H groups in total. The topological polar surface area (TPSA) is 54.5 Å². The lowest BCUT2D eigenvalue weighted by atomic mass is 10.3. The highest BCUT2D eigenvalue weighted by Gasteiger charge is 2.27. The van der Waals surface area contributed by atoms with E-state index in [1.54, 1.807) is 17.2 Å². The summed E-state index contributed by atoms with van der Waals surface area (Å²) >= 11 is 0. The van der Waals surface area contributed by atoms with Crippen LogP contribution in [-0.4, -0.2) is 35.1 Å². The van der Waals surface area contributed by atoms with Crippen molar-refractivity contribution in [2.24, 2.45) is 0 Å². The van der Waals surface area contributed by atoms with Gasteiger partial charge in [-0.2, -0.15) is 0 Å². The van der Waals surface area contributed by atoms with E-state index in [9.17, 15) is 9.18 Å². The molecule has 2 amide bonds. The molecular weight excluding hydrogens is 285 g/mol. The third kappa shape index (κ3) is 3.52.